The molecular weight excluding hydrogens is 376 g/mol. The molecule has 3 nitrogen and oxygen atoms in total. The molecule has 0 aromatic heterocycles. The lowest BCUT2D eigenvalue weighted by molar-refractivity contribution is -0.137. The maximum Gasteiger partial charge on any atom is 0.416 e. The molecule has 0 spiro atoms. The zero-order chi connectivity index (χ0) is 16.4. The van der Waals surface area contributed by atoms with Crippen molar-refractivity contribution in [2.24, 2.45) is 5.92 Å². The van der Waals surface area contributed by atoms with Gasteiger partial charge in [-0.3, -0.25) is 4.90 Å². The van der Waals surface area contributed by atoms with Gasteiger partial charge in [0.15, 0.2) is 0 Å². The minimum atomic E-state index is -4.38. The van der Waals surface area contributed by atoms with Crippen molar-refractivity contribution in [2.75, 3.05) is 26.2 Å². The van der Waals surface area contributed by atoms with Crippen LogP contribution < -0.4 is 5.32 Å². The number of nitrogens with zero attached hydrogens (tertiary/aromatic N) is 1. The first-order valence-corrected chi connectivity index (χ1v) is 8.31. The zero-order valence-electron chi connectivity index (χ0n) is 13.9. The molecule has 1 aliphatic carbocycles. The average Bonchev–Trinajstić information content (AvgIpc) is 3.03. The molecule has 0 bridgehead atoms. The molecule has 25 heavy (non-hydrogen) atoms. The van der Waals surface area contributed by atoms with E-state index in [2.05, 4.69) is 10.2 Å². The topological polar surface area (TPSA) is 35.5 Å². The van der Waals surface area contributed by atoms with Crippen LogP contribution in [0.3, 0.4) is 0 Å². The number of rotatable bonds is 3. The van der Waals surface area contributed by atoms with Crippen molar-refractivity contribution in [1.82, 2.24) is 10.2 Å². The smallest absolute Gasteiger partial charge is 0.416 e. The van der Waals surface area contributed by atoms with Crippen LogP contribution in [0.2, 0.25) is 0 Å². The SMILES string of the molecule is Cl.Cl.Oc1ccc(C(F)(F)F)cc1[C@@H](C1CCCC1)N1CCNCC1. The molecule has 144 valence electrons. The summed E-state index contributed by atoms with van der Waals surface area (Å²) in [5.41, 5.74) is -0.239. The Kier molecular flexibility index (Phi) is 8.32. The van der Waals surface area contributed by atoms with E-state index in [0.29, 0.717) is 11.5 Å². The van der Waals surface area contributed by atoms with Crippen molar-refractivity contribution in [2.45, 2.75) is 37.9 Å². The number of hydrogen-bond donors (Lipinski definition) is 2. The number of phenolic OH excluding ortho intramolecular Hbond substituents is 1. The van der Waals surface area contributed by atoms with Crippen molar-refractivity contribution in [3.05, 3.63) is 29.3 Å². The van der Waals surface area contributed by atoms with Crippen LogP contribution in [0, 0.1) is 5.92 Å². The molecule has 1 saturated heterocycles. The third kappa shape index (κ3) is 5.16. The van der Waals surface area contributed by atoms with Gasteiger partial charge in [0.05, 0.1) is 5.56 Å². The van der Waals surface area contributed by atoms with Crippen LogP contribution in [0.1, 0.15) is 42.9 Å². The zero-order valence-corrected chi connectivity index (χ0v) is 15.5. The van der Waals surface area contributed by atoms with Crippen LogP contribution in [-0.2, 0) is 6.18 Å². The molecular formula is C17H25Cl2F3N2O. The summed E-state index contributed by atoms with van der Waals surface area (Å²) in [6.45, 7) is 3.28. The number of hydrogen-bond acceptors (Lipinski definition) is 3. The molecule has 1 aromatic rings. The minimum Gasteiger partial charge on any atom is -0.508 e. The number of piperazine rings is 1. The predicted molar refractivity (Wildman–Crippen MR) is 96.7 cm³/mol. The van der Waals surface area contributed by atoms with E-state index in [-0.39, 0.29) is 36.6 Å². The summed E-state index contributed by atoms with van der Waals surface area (Å²) in [4.78, 5) is 2.24. The molecule has 0 radical (unpaired) electrons. The molecule has 1 atom stereocenters. The number of halogens is 5. The van der Waals surface area contributed by atoms with Gasteiger partial charge in [0, 0.05) is 37.8 Å². The fraction of sp³-hybridized carbons (Fsp3) is 0.647. The number of alkyl halides is 3. The standard InChI is InChI=1S/C17H23F3N2O.2ClH/c18-17(19,20)13-5-6-15(23)14(11-13)16(12-3-1-2-4-12)22-9-7-21-8-10-22;;/h5-6,11-12,16,21,23H,1-4,7-10H2;2*1H/t16-;;/m1../s1. The summed E-state index contributed by atoms with van der Waals surface area (Å²) >= 11 is 0. The fourth-order valence-corrected chi connectivity index (χ4v) is 3.95. The largest absolute Gasteiger partial charge is 0.508 e. The summed E-state index contributed by atoms with van der Waals surface area (Å²) in [6.07, 6.45) is -0.110. The quantitative estimate of drug-likeness (QED) is 0.789. The maximum absolute atomic E-state index is 13.1. The lowest BCUT2D eigenvalue weighted by Gasteiger charge is -2.39. The van der Waals surface area contributed by atoms with E-state index in [0.717, 1.165) is 64.0 Å². The van der Waals surface area contributed by atoms with E-state index in [1.807, 2.05) is 0 Å². The monoisotopic (exact) mass is 400 g/mol. The Labute approximate surface area is 158 Å². The second-order valence-electron chi connectivity index (χ2n) is 6.55. The Morgan fingerprint density at radius 2 is 1.68 bits per heavy atom. The van der Waals surface area contributed by atoms with E-state index in [4.69, 9.17) is 0 Å². The highest BCUT2D eigenvalue weighted by Crippen LogP contribution is 2.44. The molecule has 1 saturated carbocycles. The van der Waals surface area contributed by atoms with Crippen molar-refractivity contribution in [3.8, 4) is 5.75 Å². The summed E-state index contributed by atoms with van der Waals surface area (Å²) in [6, 6.07) is 3.19. The van der Waals surface area contributed by atoms with Crippen LogP contribution in [-0.4, -0.2) is 36.2 Å². The van der Waals surface area contributed by atoms with Crippen molar-refractivity contribution in [1.29, 1.82) is 0 Å². The Balaban J connectivity index is 0.00000156. The van der Waals surface area contributed by atoms with Crippen molar-refractivity contribution >= 4 is 24.8 Å². The summed E-state index contributed by atoms with van der Waals surface area (Å²) in [5, 5.41) is 13.5. The van der Waals surface area contributed by atoms with Gasteiger partial charge in [-0.1, -0.05) is 12.8 Å². The first kappa shape index (κ1) is 22.4. The van der Waals surface area contributed by atoms with Gasteiger partial charge in [0.25, 0.3) is 0 Å². The lowest BCUT2D eigenvalue weighted by atomic mass is 9.88. The van der Waals surface area contributed by atoms with Crippen LogP contribution in [0.4, 0.5) is 13.2 Å². The molecule has 1 heterocycles. The first-order valence-electron chi connectivity index (χ1n) is 8.31. The van der Waals surface area contributed by atoms with E-state index in [1.54, 1.807) is 0 Å². The van der Waals surface area contributed by atoms with Gasteiger partial charge in [-0.2, -0.15) is 13.2 Å². The summed E-state index contributed by atoms with van der Waals surface area (Å²) in [5.74, 6) is 0.302. The van der Waals surface area contributed by atoms with Gasteiger partial charge < -0.3 is 10.4 Å². The summed E-state index contributed by atoms with van der Waals surface area (Å²) in [7, 11) is 0. The third-order valence-corrected chi connectivity index (χ3v) is 5.06. The molecule has 0 amide bonds. The molecule has 2 aliphatic rings. The van der Waals surface area contributed by atoms with Crippen LogP contribution in [0.5, 0.6) is 5.75 Å². The highest BCUT2D eigenvalue weighted by Gasteiger charge is 2.36. The van der Waals surface area contributed by atoms with Crippen LogP contribution in [0.15, 0.2) is 18.2 Å². The normalized spacial score (nSPS) is 20.6. The van der Waals surface area contributed by atoms with Gasteiger partial charge in [0.2, 0.25) is 0 Å². The molecule has 2 fully saturated rings. The molecule has 1 aromatic carbocycles. The fourth-order valence-electron chi connectivity index (χ4n) is 3.95. The van der Waals surface area contributed by atoms with Gasteiger partial charge in [-0.25, -0.2) is 0 Å². The lowest BCUT2D eigenvalue weighted by Crippen LogP contribution is -2.46. The molecule has 3 rings (SSSR count). The van der Waals surface area contributed by atoms with Gasteiger partial charge in [-0.05, 0) is 37.0 Å². The maximum atomic E-state index is 13.1. The van der Waals surface area contributed by atoms with Crippen LogP contribution >= 0.6 is 24.8 Å². The van der Waals surface area contributed by atoms with E-state index in [1.165, 1.54) is 6.07 Å². The number of nitrogens with one attached hydrogen (secondary N) is 1. The number of aromatic hydroxyl groups is 1. The molecule has 8 heteroatoms. The third-order valence-electron chi connectivity index (χ3n) is 5.06. The number of benzene rings is 1. The van der Waals surface area contributed by atoms with E-state index < -0.39 is 11.7 Å². The van der Waals surface area contributed by atoms with Crippen LogP contribution in [0.25, 0.3) is 0 Å². The Bertz CT molecular complexity index is 545. The Morgan fingerprint density at radius 3 is 2.24 bits per heavy atom. The molecule has 1 aliphatic heterocycles. The Hall–Kier alpha value is -0.690. The van der Waals surface area contributed by atoms with E-state index in [9.17, 15) is 18.3 Å². The van der Waals surface area contributed by atoms with Gasteiger partial charge in [0.1, 0.15) is 5.75 Å². The minimum absolute atomic E-state index is 0. The predicted octanol–water partition coefficient (Wildman–Crippen LogP) is 4.39. The highest BCUT2D eigenvalue weighted by molar-refractivity contribution is 5.85. The second kappa shape index (κ2) is 9.31. The average molecular weight is 401 g/mol. The Morgan fingerprint density at radius 1 is 1.08 bits per heavy atom. The van der Waals surface area contributed by atoms with Crippen molar-refractivity contribution in [3.63, 3.8) is 0 Å². The molecule has 0 unspecified atom stereocenters. The van der Waals surface area contributed by atoms with E-state index >= 15 is 0 Å². The van der Waals surface area contributed by atoms with Gasteiger partial charge >= 0.3 is 6.18 Å². The second-order valence-corrected chi connectivity index (χ2v) is 6.55. The first-order chi connectivity index (χ1) is 11.0. The highest BCUT2D eigenvalue weighted by atomic mass is 35.5. The molecule has 2 N–H and O–H groups in total. The van der Waals surface area contributed by atoms with Gasteiger partial charge in [-0.15, -0.1) is 24.8 Å². The van der Waals surface area contributed by atoms with Crippen molar-refractivity contribution < 1.29 is 18.3 Å². The number of phenols is 1. The summed E-state index contributed by atoms with van der Waals surface area (Å²) < 4.78 is 39.2.